The molecule has 2 nitrogen and oxygen atoms in total. The predicted octanol–water partition coefficient (Wildman–Crippen LogP) is 2.57. The van der Waals surface area contributed by atoms with Crippen molar-refractivity contribution in [1.29, 1.82) is 0 Å². The summed E-state index contributed by atoms with van der Waals surface area (Å²) in [7, 11) is 0. The van der Waals surface area contributed by atoms with Crippen molar-refractivity contribution in [2.45, 2.75) is 19.3 Å². The van der Waals surface area contributed by atoms with E-state index in [2.05, 4.69) is 4.98 Å². The molecule has 1 aromatic carbocycles. The van der Waals surface area contributed by atoms with Crippen molar-refractivity contribution in [3.8, 4) is 5.88 Å². The quantitative estimate of drug-likeness (QED) is 0.713. The average Bonchev–Trinajstić information content (AvgIpc) is 2.69. The summed E-state index contributed by atoms with van der Waals surface area (Å²) < 4.78 is 13.5. The molecule has 1 heterocycles. The maximum Gasteiger partial charge on any atom is 0.215 e. The Bertz CT molecular complexity index is 551. The van der Waals surface area contributed by atoms with Crippen molar-refractivity contribution in [2.24, 2.45) is 0 Å². The number of aryl methyl sites for hydroxylation is 1. The van der Waals surface area contributed by atoms with E-state index in [-0.39, 0.29) is 17.2 Å². The second-order valence-electron chi connectivity index (χ2n) is 3.88. The second kappa shape index (κ2) is 2.92. The van der Waals surface area contributed by atoms with Gasteiger partial charge in [-0.05, 0) is 30.9 Å². The van der Waals surface area contributed by atoms with Crippen LogP contribution >= 0.6 is 0 Å². The van der Waals surface area contributed by atoms with Crippen molar-refractivity contribution in [2.75, 3.05) is 0 Å². The van der Waals surface area contributed by atoms with Crippen LogP contribution in [-0.2, 0) is 12.8 Å². The summed E-state index contributed by atoms with van der Waals surface area (Å²) in [6.45, 7) is 0. The SMILES string of the molecule is Oc1nc2c(F)cccc2c2c1CCC2. The minimum absolute atomic E-state index is 0.0000926. The Labute approximate surface area is 86.4 Å². The number of halogens is 1. The lowest BCUT2D eigenvalue weighted by atomic mass is 10.1. The number of hydrogen-bond donors (Lipinski definition) is 1. The predicted molar refractivity (Wildman–Crippen MR) is 55.4 cm³/mol. The van der Waals surface area contributed by atoms with Gasteiger partial charge >= 0.3 is 0 Å². The van der Waals surface area contributed by atoms with E-state index in [9.17, 15) is 9.50 Å². The Hall–Kier alpha value is -1.64. The molecule has 1 aromatic heterocycles. The van der Waals surface area contributed by atoms with Crippen molar-refractivity contribution in [3.05, 3.63) is 35.1 Å². The molecular formula is C12H10FNO. The van der Waals surface area contributed by atoms with Gasteiger partial charge in [-0.3, -0.25) is 0 Å². The van der Waals surface area contributed by atoms with Crippen molar-refractivity contribution < 1.29 is 9.50 Å². The molecule has 3 heteroatoms. The van der Waals surface area contributed by atoms with E-state index in [1.54, 1.807) is 6.07 Å². The van der Waals surface area contributed by atoms with Crippen LogP contribution < -0.4 is 0 Å². The van der Waals surface area contributed by atoms with Gasteiger partial charge in [0.05, 0.1) is 0 Å². The molecule has 0 atom stereocenters. The molecule has 2 aromatic rings. The molecule has 0 bridgehead atoms. The van der Waals surface area contributed by atoms with E-state index < -0.39 is 0 Å². The Morgan fingerprint density at radius 1 is 1.20 bits per heavy atom. The third-order valence-electron chi connectivity index (χ3n) is 3.02. The molecular weight excluding hydrogens is 193 g/mol. The number of para-hydroxylation sites is 1. The topological polar surface area (TPSA) is 33.1 Å². The number of pyridine rings is 1. The molecule has 15 heavy (non-hydrogen) atoms. The summed E-state index contributed by atoms with van der Waals surface area (Å²) in [6.07, 6.45) is 2.77. The van der Waals surface area contributed by atoms with E-state index >= 15 is 0 Å². The van der Waals surface area contributed by atoms with E-state index in [4.69, 9.17) is 0 Å². The zero-order chi connectivity index (χ0) is 10.4. The number of aromatic hydroxyl groups is 1. The maximum absolute atomic E-state index is 13.5. The van der Waals surface area contributed by atoms with E-state index in [0.717, 1.165) is 35.8 Å². The largest absolute Gasteiger partial charge is 0.493 e. The van der Waals surface area contributed by atoms with Gasteiger partial charge in [-0.1, -0.05) is 12.1 Å². The smallest absolute Gasteiger partial charge is 0.215 e. The van der Waals surface area contributed by atoms with Gasteiger partial charge in [0, 0.05) is 10.9 Å². The molecule has 0 saturated carbocycles. The molecule has 1 N–H and O–H groups in total. The van der Waals surface area contributed by atoms with Crippen LogP contribution in [0, 0.1) is 5.82 Å². The third-order valence-corrected chi connectivity index (χ3v) is 3.02. The third kappa shape index (κ3) is 1.12. The Kier molecular flexibility index (Phi) is 1.69. The number of nitrogens with zero attached hydrogens (tertiary/aromatic N) is 1. The first-order valence-electron chi connectivity index (χ1n) is 5.06. The fourth-order valence-electron chi connectivity index (χ4n) is 2.33. The zero-order valence-electron chi connectivity index (χ0n) is 8.13. The summed E-state index contributed by atoms with van der Waals surface area (Å²) in [5.74, 6) is -0.363. The molecule has 1 aliphatic rings. The molecule has 0 aliphatic heterocycles. The fraction of sp³-hybridized carbons (Fsp3) is 0.250. The highest BCUT2D eigenvalue weighted by atomic mass is 19.1. The van der Waals surface area contributed by atoms with E-state index in [0.29, 0.717) is 0 Å². The van der Waals surface area contributed by atoms with Crippen LogP contribution in [-0.4, -0.2) is 10.1 Å². The fourth-order valence-corrected chi connectivity index (χ4v) is 2.33. The van der Waals surface area contributed by atoms with Crippen LogP contribution in [0.1, 0.15) is 17.5 Å². The maximum atomic E-state index is 13.5. The highest BCUT2D eigenvalue weighted by Crippen LogP contribution is 2.34. The summed E-state index contributed by atoms with van der Waals surface area (Å²) in [6, 6.07) is 4.93. The van der Waals surface area contributed by atoms with Gasteiger partial charge in [0.1, 0.15) is 11.3 Å². The molecule has 1 aliphatic carbocycles. The second-order valence-corrected chi connectivity index (χ2v) is 3.88. The van der Waals surface area contributed by atoms with Crippen LogP contribution in [0.3, 0.4) is 0 Å². The first-order valence-corrected chi connectivity index (χ1v) is 5.06. The van der Waals surface area contributed by atoms with Crippen molar-refractivity contribution >= 4 is 10.9 Å². The Morgan fingerprint density at radius 2 is 2.00 bits per heavy atom. The normalized spacial score (nSPS) is 14.5. The van der Waals surface area contributed by atoms with Crippen LogP contribution in [0.5, 0.6) is 5.88 Å². The summed E-state index contributed by atoms with van der Waals surface area (Å²) in [5.41, 5.74) is 2.25. The number of fused-ring (bicyclic) bond motifs is 3. The first-order chi connectivity index (χ1) is 7.27. The monoisotopic (exact) mass is 203 g/mol. The minimum Gasteiger partial charge on any atom is -0.493 e. The van der Waals surface area contributed by atoms with Crippen LogP contribution in [0.4, 0.5) is 4.39 Å². The molecule has 0 unspecified atom stereocenters. The Morgan fingerprint density at radius 3 is 2.87 bits per heavy atom. The van der Waals surface area contributed by atoms with Crippen LogP contribution in [0.25, 0.3) is 10.9 Å². The van der Waals surface area contributed by atoms with E-state index in [1.807, 2.05) is 6.07 Å². The zero-order valence-corrected chi connectivity index (χ0v) is 8.13. The lowest BCUT2D eigenvalue weighted by Crippen LogP contribution is -1.92. The van der Waals surface area contributed by atoms with Gasteiger partial charge < -0.3 is 5.11 Å². The van der Waals surface area contributed by atoms with Gasteiger partial charge in [0.25, 0.3) is 0 Å². The van der Waals surface area contributed by atoms with Gasteiger partial charge in [-0.2, -0.15) is 0 Å². The van der Waals surface area contributed by atoms with Crippen molar-refractivity contribution in [3.63, 3.8) is 0 Å². The molecule has 0 saturated heterocycles. The van der Waals surface area contributed by atoms with Gasteiger partial charge in [-0.15, -0.1) is 0 Å². The lowest BCUT2D eigenvalue weighted by molar-refractivity contribution is 0.448. The van der Waals surface area contributed by atoms with Crippen LogP contribution in [0.15, 0.2) is 18.2 Å². The minimum atomic E-state index is -0.363. The summed E-state index contributed by atoms with van der Waals surface area (Å²) in [4.78, 5) is 3.93. The molecule has 0 amide bonds. The first kappa shape index (κ1) is 8.65. The van der Waals surface area contributed by atoms with Crippen molar-refractivity contribution in [1.82, 2.24) is 4.98 Å². The number of benzene rings is 1. The molecule has 0 radical (unpaired) electrons. The molecule has 3 rings (SSSR count). The standard InChI is InChI=1S/C12H10FNO/c13-10-6-2-4-8-7-3-1-5-9(7)12(15)14-11(8)10/h2,4,6H,1,3,5H2,(H,14,15). The molecule has 0 fully saturated rings. The number of aromatic nitrogens is 1. The highest BCUT2D eigenvalue weighted by Gasteiger charge is 2.20. The summed E-state index contributed by atoms with van der Waals surface area (Å²) in [5, 5.41) is 10.5. The number of rotatable bonds is 0. The van der Waals surface area contributed by atoms with Gasteiger partial charge in [0.2, 0.25) is 5.88 Å². The average molecular weight is 203 g/mol. The van der Waals surface area contributed by atoms with Gasteiger partial charge in [-0.25, -0.2) is 9.37 Å². The van der Waals surface area contributed by atoms with E-state index in [1.165, 1.54) is 6.07 Å². The molecule has 76 valence electrons. The number of hydrogen-bond acceptors (Lipinski definition) is 2. The Balaban J connectivity index is 2.48. The highest BCUT2D eigenvalue weighted by molar-refractivity contribution is 5.85. The lowest BCUT2D eigenvalue weighted by Gasteiger charge is -2.06. The molecule has 0 spiro atoms. The van der Waals surface area contributed by atoms with Gasteiger partial charge in [0.15, 0.2) is 0 Å². The summed E-state index contributed by atoms with van der Waals surface area (Å²) >= 11 is 0. The van der Waals surface area contributed by atoms with Crippen LogP contribution in [0.2, 0.25) is 0 Å².